The van der Waals surface area contributed by atoms with Gasteiger partial charge in [-0.1, -0.05) is 0 Å². The van der Waals surface area contributed by atoms with Crippen LogP contribution in [0.25, 0.3) is 0 Å². The van der Waals surface area contributed by atoms with E-state index in [0.29, 0.717) is 6.61 Å². The fourth-order valence-corrected chi connectivity index (χ4v) is 2.10. The molecule has 4 nitrogen and oxygen atoms in total. The van der Waals surface area contributed by atoms with E-state index in [2.05, 4.69) is 0 Å². The highest BCUT2D eigenvalue weighted by atomic mass is 35.7. The van der Waals surface area contributed by atoms with Crippen LogP contribution in [0.4, 0.5) is 0 Å². The number of ether oxygens (including phenoxy) is 2. The van der Waals surface area contributed by atoms with Crippen LogP contribution >= 0.6 is 10.7 Å². The van der Waals surface area contributed by atoms with Crippen LogP contribution < -0.4 is 0 Å². The van der Waals surface area contributed by atoms with Crippen molar-refractivity contribution in [2.45, 2.75) is 25.6 Å². The predicted molar refractivity (Wildman–Crippen MR) is 49.4 cm³/mol. The van der Waals surface area contributed by atoms with E-state index in [4.69, 9.17) is 20.2 Å². The average Bonchev–Trinajstić information content (AvgIpc) is 1.91. The molecule has 13 heavy (non-hydrogen) atoms. The number of rotatable bonds is 2. The molecule has 0 N–H and O–H groups in total. The molecule has 0 aromatic carbocycles. The van der Waals surface area contributed by atoms with Crippen LogP contribution in [-0.2, 0) is 18.5 Å². The molecule has 1 unspecified atom stereocenters. The molecule has 1 heterocycles. The minimum absolute atomic E-state index is 0.190. The molecular formula is C7H13ClO4S. The Balaban J connectivity index is 2.43. The lowest BCUT2D eigenvalue weighted by Gasteiger charge is -2.34. The van der Waals surface area contributed by atoms with Gasteiger partial charge in [0.25, 0.3) is 0 Å². The fraction of sp³-hybridized carbons (Fsp3) is 1.00. The van der Waals surface area contributed by atoms with Crippen molar-refractivity contribution in [2.24, 2.45) is 0 Å². The number of hydrogen-bond donors (Lipinski definition) is 0. The summed E-state index contributed by atoms with van der Waals surface area (Å²) in [6, 6.07) is 0. The molecule has 1 fully saturated rings. The molecule has 1 atom stereocenters. The monoisotopic (exact) mass is 228 g/mol. The van der Waals surface area contributed by atoms with Gasteiger partial charge in [-0.05, 0) is 13.8 Å². The van der Waals surface area contributed by atoms with Crippen LogP contribution in [0, 0.1) is 0 Å². The lowest BCUT2D eigenvalue weighted by Crippen LogP contribution is -2.44. The molecule has 0 radical (unpaired) electrons. The first-order valence-corrected chi connectivity index (χ1v) is 6.44. The molecule has 1 saturated heterocycles. The molecule has 0 aromatic heterocycles. The Hall–Kier alpha value is 0.160. The predicted octanol–water partition coefficient (Wildman–Crippen LogP) is 0.749. The SMILES string of the molecule is CC1(C)COC(CS(=O)(=O)Cl)CO1. The molecule has 1 aliphatic rings. The van der Waals surface area contributed by atoms with E-state index in [0.717, 1.165) is 0 Å². The number of halogens is 1. The van der Waals surface area contributed by atoms with Gasteiger partial charge in [0, 0.05) is 10.7 Å². The van der Waals surface area contributed by atoms with E-state index in [1.165, 1.54) is 0 Å². The molecule has 78 valence electrons. The van der Waals surface area contributed by atoms with Gasteiger partial charge in [-0.3, -0.25) is 0 Å². The van der Waals surface area contributed by atoms with E-state index in [1.807, 2.05) is 13.8 Å². The third kappa shape index (κ3) is 4.26. The topological polar surface area (TPSA) is 52.6 Å². The molecular weight excluding hydrogens is 216 g/mol. The van der Waals surface area contributed by atoms with Crippen molar-refractivity contribution < 1.29 is 17.9 Å². The zero-order valence-corrected chi connectivity index (χ0v) is 9.19. The maximum absolute atomic E-state index is 10.7. The smallest absolute Gasteiger partial charge is 0.235 e. The van der Waals surface area contributed by atoms with E-state index < -0.39 is 15.2 Å². The van der Waals surface area contributed by atoms with Gasteiger partial charge in [-0.25, -0.2) is 8.42 Å². The van der Waals surface area contributed by atoms with Crippen molar-refractivity contribution >= 4 is 19.7 Å². The first kappa shape index (κ1) is 11.2. The van der Waals surface area contributed by atoms with E-state index >= 15 is 0 Å². The summed E-state index contributed by atoms with van der Waals surface area (Å²) in [6.07, 6.45) is -0.435. The van der Waals surface area contributed by atoms with Gasteiger partial charge in [0.2, 0.25) is 9.05 Å². The van der Waals surface area contributed by atoms with Gasteiger partial charge in [0.05, 0.1) is 30.7 Å². The van der Waals surface area contributed by atoms with Crippen molar-refractivity contribution in [2.75, 3.05) is 19.0 Å². The maximum atomic E-state index is 10.7. The molecule has 0 aromatic rings. The van der Waals surface area contributed by atoms with Crippen LogP contribution in [0.3, 0.4) is 0 Å². The van der Waals surface area contributed by atoms with Crippen LogP contribution in [0.2, 0.25) is 0 Å². The summed E-state index contributed by atoms with van der Waals surface area (Å²) in [6.45, 7) is 4.44. The summed E-state index contributed by atoms with van der Waals surface area (Å²) in [5, 5.41) is 0. The maximum Gasteiger partial charge on any atom is 0.235 e. The highest BCUT2D eigenvalue weighted by Gasteiger charge is 2.30. The van der Waals surface area contributed by atoms with E-state index in [9.17, 15) is 8.42 Å². The zero-order chi connectivity index (χ0) is 10.1. The van der Waals surface area contributed by atoms with Crippen LogP contribution in [0.15, 0.2) is 0 Å². The van der Waals surface area contributed by atoms with Gasteiger partial charge in [0.1, 0.15) is 0 Å². The van der Waals surface area contributed by atoms with Gasteiger partial charge < -0.3 is 9.47 Å². The Kier molecular flexibility index (Phi) is 3.22. The van der Waals surface area contributed by atoms with E-state index in [1.54, 1.807) is 0 Å². The summed E-state index contributed by atoms with van der Waals surface area (Å²) >= 11 is 0. The molecule has 1 aliphatic heterocycles. The summed E-state index contributed by atoms with van der Waals surface area (Å²) in [7, 11) is 1.58. The molecule has 6 heteroatoms. The molecule has 0 aliphatic carbocycles. The first-order valence-electron chi connectivity index (χ1n) is 3.96. The van der Waals surface area contributed by atoms with Crippen molar-refractivity contribution in [1.29, 1.82) is 0 Å². The summed E-state index contributed by atoms with van der Waals surface area (Å²) in [4.78, 5) is 0. The number of hydrogen-bond acceptors (Lipinski definition) is 4. The Morgan fingerprint density at radius 2 is 2.15 bits per heavy atom. The zero-order valence-electron chi connectivity index (χ0n) is 7.62. The molecule has 0 saturated carbocycles. The van der Waals surface area contributed by atoms with E-state index in [-0.39, 0.29) is 18.0 Å². The second-order valence-corrected chi connectivity index (χ2v) is 6.53. The normalized spacial score (nSPS) is 28.7. The fourth-order valence-electron chi connectivity index (χ4n) is 1.05. The van der Waals surface area contributed by atoms with Gasteiger partial charge in [-0.2, -0.15) is 0 Å². The van der Waals surface area contributed by atoms with Crippen molar-refractivity contribution in [1.82, 2.24) is 0 Å². The summed E-state index contributed by atoms with van der Waals surface area (Å²) in [5.74, 6) is -0.190. The standard InChI is InChI=1S/C7H13ClO4S/c1-7(2)5-11-6(3-12-7)4-13(8,9)10/h6H,3-5H2,1-2H3. The van der Waals surface area contributed by atoms with Crippen molar-refractivity contribution in [3.8, 4) is 0 Å². The Morgan fingerprint density at radius 1 is 1.54 bits per heavy atom. The van der Waals surface area contributed by atoms with Gasteiger partial charge >= 0.3 is 0 Å². The van der Waals surface area contributed by atoms with Crippen LogP contribution in [0.5, 0.6) is 0 Å². The molecule has 1 rings (SSSR count). The van der Waals surface area contributed by atoms with Crippen LogP contribution in [0.1, 0.15) is 13.8 Å². The highest BCUT2D eigenvalue weighted by Crippen LogP contribution is 2.18. The second-order valence-electron chi connectivity index (χ2n) is 3.71. The Labute approximate surface area is 82.6 Å². The summed E-state index contributed by atoms with van der Waals surface area (Å²) in [5.41, 5.74) is -0.327. The Morgan fingerprint density at radius 3 is 2.54 bits per heavy atom. The van der Waals surface area contributed by atoms with Crippen molar-refractivity contribution in [3.63, 3.8) is 0 Å². The van der Waals surface area contributed by atoms with Gasteiger partial charge in [-0.15, -0.1) is 0 Å². The third-order valence-electron chi connectivity index (χ3n) is 1.71. The van der Waals surface area contributed by atoms with Crippen LogP contribution in [-0.4, -0.2) is 39.1 Å². The molecule has 0 bridgehead atoms. The second kappa shape index (κ2) is 3.73. The minimum Gasteiger partial charge on any atom is -0.372 e. The largest absolute Gasteiger partial charge is 0.372 e. The van der Waals surface area contributed by atoms with Crippen molar-refractivity contribution in [3.05, 3.63) is 0 Å². The third-order valence-corrected chi connectivity index (χ3v) is 2.86. The Bertz CT molecular complexity index is 262. The molecule has 0 spiro atoms. The summed E-state index contributed by atoms with van der Waals surface area (Å²) < 4.78 is 32.0. The molecule has 0 amide bonds. The minimum atomic E-state index is -3.49. The highest BCUT2D eigenvalue weighted by molar-refractivity contribution is 8.13. The lowest BCUT2D eigenvalue weighted by molar-refractivity contribution is -0.167. The average molecular weight is 229 g/mol. The quantitative estimate of drug-likeness (QED) is 0.655. The first-order chi connectivity index (χ1) is 5.79. The van der Waals surface area contributed by atoms with Gasteiger partial charge in [0.15, 0.2) is 0 Å². The lowest BCUT2D eigenvalue weighted by atomic mass is 10.1.